The van der Waals surface area contributed by atoms with Crippen LogP contribution in [0.15, 0.2) is 43.0 Å². The Morgan fingerprint density at radius 2 is 1.94 bits per heavy atom. The summed E-state index contributed by atoms with van der Waals surface area (Å²) in [6.07, 6.45) is 0.901. The molecule has 1 aromatic rings. The molecule has 3 nitrogen and oxygen atoms in total. The lowest BCUT2D eigenvalue weighted by molar-refractivity contribution is -0.940. The molecule has 1 atom stereocenters. The van der Waals surface area contributed by atoms with Crippen molar-refractivity contribution in [2.24, 2.45) is 0 Å². The van der Waals surface area contributed by atoms with Gasteiger partial charge in [0.25, 0.3) is 6.23 Å². The fraction of sp³-hybridized carbons (Fsp3) is 0.357. The molecular formula is C14H20ClNO2. The van der Waals surface area contributed by atoms with E-state index in [1.165, 1.54) is 6.08 Å². The maximum Gasteiger partial charge on any atom is 0.334 e. The van der Waals surface area contributed by atoms with Crippen molar-refractivity contribution in [3.05, 3.63) is 48.6 Å². The number of rotatable bonds is 5. The predicted octanol–water partition coefficient (Wildman–Crippen LogP) is -0.485. The first-order valence-corrected chi connectivity index (χ1v) is 5.72. The normalized spacial score (nSPS) is 12.2. The van der Waals surface area contributed by atoms with E-state index in [0.717, 1.165) is 12.1 Å². The number of quaternary nitrogens is 1. The highest BCUT2D eigenvalue weighted by Crippen LogP contribution is 2.26. The van der Waals surface area contributed by atoms with Crippen LogP contribution in [0.1, 0.15) is 18.7 Å². The molecule has 4 heteroatoms. The molecule has 0 bridgehead atoms. The van der Waals surface area contributed by atoms with Crippen molar-refractivity contribution in [1.82, 2.24) is 0 Å². The molecule has 0 aromatic heterocycles. The number of ether oxygens (including phenoxy) is 1. The Hall–Kier alpha value is -1.32. The van der Waals surface area contributed by atoms with E-state index in [1.807, 2.05) is 44.4 Å². The standard InChI is InChI=1S/C14H20NO2.ClH/c1-5-13(16)17-14(15(3,4)6-2)12-10-8-7-9-11-12;/h5,7-11,14H,1,6H2,2-4H3;1H/q+1;/p-1. The number of carbonyl (C=O) groups excluding carboxylic acids is 1. The predicted molar refractivity (Wildman–Crippen MR) is 68.1 cm³/mol. The summed E-state index contributed by atoms with van der Waals surface area (Å²) in [4.78, 5) is 11.4. The molecule has 18 heavy (non-hydrogen) atoms. The average molecular weight is 270 g/mol. The summed E-state index contributed by atoms with van der Waals surface area (Å²) in [5, 5.41) is 0. The minimum Gasteiger partial charge on any atom is -1.00 e. The molecule has 100 valence electrons. The Labute approximate surface area is 115 Å². The topological polar surface area (TPSA) is 26.3 Å². The molecule has 0 spiro atoms. The molecule has 1 unspecified atom stereocenters. The van der Waals surface area contributed by atoms with Crippen molar-refractivity contribution in [2.45, 2.75) is 13.2 Å². The van der Waals surface area contributed by atoms with E-state index >= 15 is 0 Å². The Bertz CT molecular complexity index is 390. The van der Waals surface area contributed by atoms with Crippen LogP contribution < -0.4 is 12.4 Å². The van der Waals surface area contributed by atoms with Gasteiger partial charge < -0.3 is 17.1 Å². The summed E-state index contributed by atoms with van der Waals surface area (Å²) in [6.45, 7) is 6.37. The lowest BCUT2D eigenvalue weighted by Crippen LogP contribution is -3.00. The molecule has 0 heterocycles. The van der Waals surface area contributed by atoms with E-state index in [2.05, 4.69) is 13.5 Å². The van der Waals surface area contributed by atoms with Gasteiger partial charge in [0.15, 0.2) is 0 Å². The Morgan fingerprint density at radius 3 is 2.39 bits per heavy atom. The van der Waals surface area contributed by atoms with Gasteiger partial charge in [0.1, 0.15) is 0 Å². The first kappa shape index (κ1) is 16.7. The van der Waals surface area contributed by atoms with Crippen LogP contribution in [0.3, 0.4) is 0 Å². The van der Waals surface area contributed by atoms with Crippen molar-refractivity contribution in [3.63, 3.8) is 0 Å². The van der Waals surface area contributed by atoms with E-state index in [-0.39, 0.29) is 18.6 Å². The molecule has 1 rings (SSSR count). The molecule has 0 amide bonds. The summed E-state index contributed by atoms with van der Waals surface area (Å²) in [5.74, 6) is -0.390. The number of hydrogen-bond donors (Lipinski definition) is 0. The van der Waals surface area contributed by atoms with E-state index < -0.39 is 5.97 Å². The molecule has 0 aliphatic carbocycles. The molecule has 1 aromatic carbocycles. The Balaban J connectivity index is 0.00000289. The first-order chi connectivity index (χ1) is 8.01. The highest BCUT2D eigenvalue weighted by molar-refractivity contribution is 5.81. The number of nitrogens with zero attached hydrogens (tertiary/aromatic N) is 1. The van der Waals surface area contributed by atoms with Gasteiger partial charge in [0.05, 0.1) is 26.2 Å². The number of halogens is 1. The quantitative estimate of drug-likeness (QED) is 0.312. The highest BCUT2D eigenvalue weighted by Gasteiger charge is 2.31. The summed E-state index contributed by atoms with van der Waals surface area (Å²) in [5.41, 5.74) is 0.995. The Morgan fingerprint density at radius 1 is 1.39 bits per heavy atom. The molecule has 0 radical (unpaired) electrons. The summed E-state index contributed by atoms with van der Waals surface area (Å²) in [6, 6.07) is 9.77. The molecule has 0 saturated heterocycles. The van der Waals surface area contributed by atoms with Gasteiger partial charge in [0, 0.05) is 6.08 Å². The average Bonchev–Trinajstić information content (AvgIpc) is 2.36. The zero-order valence-electron chi connectivity index (χ0n) is 11.1. The molecule has 0 fully saturated rings. The van der Waals surface area contributed by atoms with Crippen LogP contribution in [0.2, 0.25) is 0 Å². The van der Waals surface area contributed by atoms with Crippen molar-refractivity contribution in [3.8, 4) is 0 Å². The van der Waals surface area contributed by atoms with Gasteiger partial charge >= 0.3 is 5.97 Å². The monoisotopic (exact) mass is 269 g/mol. The maximum absolute atomic E-state index is 11.4. The maximum atomic E-state index is 11.4. The minimum absolute atomic E-state index is 0. The second kappa shape index (κ2) is 7.19. The zero-order valence-corrected chi connectivity index (χ0v) is 11.9. The highest BCUT2D eigenvalue weighted by atomic mass is 35.5. The van der Waals surface area contributed by atoms with Crippen molar-refractivity contribution in [1.29, 1.82) is 0 Å². The van der Waals surface area contributed by atoms with Crippen LogP contribution >= 0.6 is 0 Å². The molecular weight excluding hydrogens is 250 g/mol. The first-order valence-electron chi connectivity index (χ1n) is 5.72. The van der Waals surface area contributed by atoms with E-state index in [1.54, 1.807) is 0 Å². The molecule has 0 N–H and O–H groups in total. The largest absolute Gasteiger partial charge is 1.00 e. The third-order valence-electron chi connectivity index (χ3n) is 2.93. The van der Waals surface area contributed by atoms with Gasteiger partial charge in [-0.1, -0.05) is 24.8 Å². The van der Waals surface area contributed by atoms with E-state index in [9.17, 15) is 4.79 Å². The summed E-state index contributed by atoms with van der Waals surface area (Å²) >= 11 is 0. The van der Waals surface area contributed by atoms with Gasteiger partial charge in [-0.05, 0) is 19.1 Å². The second-order valence-electron chi connectivity index (χ2n) is 4.50. The fourth-order valence-corrected chi connectivity index (χ4v) is 1.56. The third-order valence-corrected chi connectivity index (χ3v) is 2.93. The van der Waals surface area contributed by atoms with Gasteiger partial charge in [-0.25, -0.2) is 4.79 Å². The van der Waals surface area contributed by atoms with Crippen molar-refractivity contribution in [2.75, 3.05) is 20.6 Å². The van der Waals surface area contributed by atoms with Crippen LogP contribution in [-0.4, -0.2) is 31.1 Å². The van der Waals surface area contributed by atoms with E-state index in [4.69, 9.17) is 4.74 Å². The zero-order chi connectivity index (χ0) is 12.9. The van der Waals surface area contributed by atoms with Gasteiger partial charge in [-0.3, -0.25) is 4.48 Å². The second-order valence-corrected chi connectivity index (χ2v) is 4.50. The number of esters is 1. The van der Waals surface area contributed by atoms with Crippen LogP contribution in [0.4, 0.5) is 0 Å². The van der Waals surface area contributed by atoms with Gasteiger partial charge in [-0.15, -0.1) is 0 Å². The fourth-order valence-electron chi connectivity index (χ4n) is 1.56. The smallest absolute Gasteiger partial charge is 0.334 e. The van der Waals surface area contributed by atoms with E-state index in [0.29, 0.717) is 4.48 Å². The Kier molecular flexibility index (Phi) is 6.66. The van der Waals surface area contributed by atoms with Gasteiger partial charge in [0.2, 0.25) is 0 Å². The van der Waals surface area contributed by atoms with Crippen molar-refractivity contribution >= 4 is 5.97 Å². The minimum atomic E-state index is -0.390. The lowest BCUT2D eigenvalue weighted by Gasteiger charge is -2.35. The molecule has 0 saturated carbocycles. The third kappa shape index (κ3) is 4.17. The van der Waals surface area contributed by atoms with Crippen molar-refractivity contribution < 1.29 is 26.4 Å². The number of carbonyl (C=O) groups is 1. The van der Waals surface area contributed by atoms with Crippen LogP contribution in [-0.2, 0) is 9.53 Å². The molecule has 0 aliphatic rings. The van der Waals surface area contributed by atoms with Crippen LogP contribution in [0, 0.1) is 0 Å². The lowest BCUT2D eigenvalue weighted by atomic mass is 10.1. The molecule has 0 aliphatic heterocycles. The van der Waals surface area contributed by atoms with Crippen LogP contribution in [0.5, 0.6) is 0 Å². The van der Waals surface area contributed by atoms with Gasteiger partial charge in [-0.2, -0.15) is 0 Å². The summed E-state index contributed by atoms with van der Waals surface area (Å²) < 4.78 is 6.04. The number of hydrogen-bond acceptors (Lipinski definition) is 2. The SMILES string of the molecule is C=CC(=O)OC(c1ccccc1)[N+](C)(C)CC.[Cl-]. The number of benzene rings is 1. The van der Waals surface area contributed by atoms with Crippen LogP contribution in [0.25, 0.3) is 0 Å². The summed E-state index contributed by atoms with van der Waals surface area (Å²) in [7, 11) is 4.07.